The third-order valence-corrected chi connectivity index (χ3v) is 7.50. The Labute approximate surface area is 168 Å². The summed E-state index contributed by atoms with van der Waals surface area (Å²) >= 11 is 0. The van der Waals surface area contributed by atoms with E-state index in [0.29, 0.717) is 0 Å². The van der Waals surface area contributed by atoms with Gasteiger partial charge in [0.2, 0.25) is 0 Å². The number of phosphoric acid groups is 3. The van der Waals surface area contributed by atoms with Crippen LogP contribution < -0.4 is 5.56 Å². The van der Waals surface area contributed by atoms with Gasteiger partial charge in [0.05, 0.1) is 12.3 Å². The maximum Gasteiger partial charge on any atom is 0.490 e. The van der Waals surface area contributed by atoms with Crippen LogP contribution in [-0.2, 0) is 36.3 Å². The van der Waals surface area contributed by atoms with E-state index in [1.54, 1.807) is 0 Å². The van der Waals surface area contributed by atoms with Crippen molar-refractivity contribution in [2.45, 2.75) is 31.3 Å². The molecule has 6 atom stereocenters. The number of hydrogen-bond acceptors (Lipinski definition) is 11. The molecule has 30 heavy (non-hydrogen) atoms. The van der Waals surface area contributed by atoms with Gasteiger partial charge in [-0.1, -0.05) is 0 Å². The molecular formula is C11H19N2O14P3. The molecular weight excluding hydrogens is 477 g/mol. The summed E-state index contributed by atoms with van der Waals surface area (Å²) in [6.07, 6.45) is -3.57. The Kier molecular flexibility index (Phi) is 7.92. The SMILES string of the molecule is CO[C@H]1C(O)[C@@H](COP(=O)(O)OP(=O)(O)OP(=O)(O)O)O[C@H]1c1c[nH]c(=O)c(C)n1. The van der Waals surface area contributed by atoms with Crippen LogP contribution in [0.2, 0.25) is 0 Å². The fourth-order valence-electron chi connectivity index (χ4n) is 2.51. The van der Waals surface area contributed by atoms with Crippen molar-refractivity contribution < 1.29 is 61.0 Å². The van der Waals surface area contributed by atoms with E-state index in [4.69, 9.17) is 24.2 Å². The van der Waals surface area contributed by atoms with Gasteiger partial charge in [-0.2, -0.15) is 8.62 Å². The topological polar surface area (TPSA) is 244 Å². The number of rotatable bonds is 9. The molecule has 0 aromatic carbocycles. The maximum atomic E-state index is 11.8. The Balaban J connectivity index is 2.08. The fourth-order valence-corrected chi connectivity index (χ4v) is 5.54. The molecule has 1 aromatic heterocycles. The lowest BCUT2D eigenvalue weighted by Gasteiger charge is -2.19. The first kappa shape index (κ1) is 25.4. The molecule has 1 aliphatic rings. The smallest absolute Gasteiger partial charge is 0.387 e. The standard InChI is InChI=1S/C11H19N2O14P3/c1-5-11(15)12-3-6(13-5)9-10(23-2)8(14)7(25-9)4-24-29(19,20)27-30(21,22)26-28(16,17)18/h3,7-10,14H,4H2,1-2H3,(H,12,15)(H,19,20)(H,21,22)(H2,16,17,18)/t7-,8?,9+,10+/m1/s1. The highest BCUT2D eigenvalue weighted by Crippen LogP contribution is 2.66. The lowest BCUT2D eigenvalue weighted by atomic mass is 10.1. The van der Waals surface area contributed by atoms with Crippen LogP contribution in [0, 0.1) is 6.92 Å². The molecule has 1 aromatic rings. The van der Waals surface area contributed by atoms with E-state index in [9.17, 15) is 28.5 Å². The number of aromatic amines is 1. The molecule has 1 saturated heterocycles. The van der Waals surface area contributed by atoms with Gasteiger partial charge in [-0.3, -0.25) is 9.32 Å². The normalized spacial score (nSPS) is 28.8. The zero-order chi connectivity index (χ0) is 22.9. The quantitative estimate of drug-likeness (QED) is 0.230. The summed E-state index contributed by atoms with van der Waals surface area (Å²) in [6.45, 7) is 0.561. The summed E-state index contributed by atoms with van der Waals surface area (Å²) in [4.78, 5) is 53.5. The molecule has 1 fully saturated rings. The molecule has 3 unspecified atom stereocenters. The van der Waals surface area contributed by atoms with Crippen molar-refractivity contribution in [3.8, 4) is 0 Å². The minimum Gasteiger partial charge on any atom is -0.387 e. The van der Waals surface area contributed by atoms with Crippen molar-refractivity contribution in [3.05, 3.63) is 27.9 Å². The molecule has 19 heteroatoms. The van der Waals surface area contributed by atoms with Gasteiger partial charge in [0.1, 0.15) is 30.1 Å². The maximum absolute atomic E-state index is 11.8. The van der Waals surface area contributed by atoms with Crippen LogP contribution in [0.4, 0.5) is 0 Å². The monoisotopic (exact) mass is 496 g/mol. The van der Waals surface area contributed by atoms with Crippen LogP contribution in [0.25, 0.3) is 0 Å². The Morgan fingerprint density at radius 2 is 1.80 bits per heavy atom. The summed E-state index contributed by atoms with van der Waals surface area (Å²) in [5.74, 6) is 0. The summed E-state index contributed by atoms with van der Waals surface area (Å²) < 4.78 is 56.0. The summed E-state index contributed by atoms with van der Waals surface area (Å²) in [7, 11) is -15.3. The highest BCUT2D eigenvalue weighted by molar-refractivity contribution is 7.66. The number of aryl methyl sites for hydroxylation is 1. The summed E-state index contributed by atoms with van der Waals surface area (Å²) in [5.41, 5.74) is -0.161. The predicted molar refractivity (Wildman–Crippen MR) is 93.8 cm³/mol. The molecule has 0 aliphatic carbocycles. The first-order valence-corrected chi connectivity index (χ1v) is 12.4. The second kappa shape index (κ2) is 9.35. The predicted octanol–water partition coefficient (Wildman–Crippen LogP) is -0.763. The number of aromatic nitrogens is 2. The lowest BCUT2D eigenvalue weighted by Crippen LogP contribution is -2.34. The molecule has 2 heterocycles. The Morgan fingerprint density at radius 1 is 1.17 bits per heavy atom. The molecule has 1 aliphatic heterocycles. The molecule has 172 valence electrons. The zero-order valence-electron chi connectivity index (χ0n) is 15.3. The fraction of sp³-hybridized carbons (Fsp3) is 0.636. The molecule has 2 rings (SSSR count). The number of H-pyrrole nitrogens is 1. The Morgan fingerprint density at radius 3 is 2.33 bits per heavy atom. The van der Waals surface area contributed by atoms with E-state index < -0.39 is 60.1 Å². The highest BCUT2D eigenvalue weighted by atomic mass is 31.3. The lowest BCUT2D eigenvalue weighted by molar-refractivity contribution is -0.0246. The second-order valence-electron chi connectivity index (χ2n) is 5.91. The highest BCUT2D eigenvalue weighted by Gasteiger charge is 2.47. The molecule has 0 amide bonds. The van der Waals surface area contributed by atoms with Crippen molar-refractivity contribution >= 4 is 23.5 Å². The van der Waals surface area contributed by atoms with Gasteiger partial charge in [-0.25, -0.2) is 18.7 Å². The summed E-state index contributed by atoms with van der Waals surface area (Å²) in [5, 5.41) is 10.3. The first-order valence-electron chi connectivity index (χ1n) is 7.85. The molecule has 0 spiro atoms. The first-order chi connectivity index (χ1) is 13.6. The number of methoxy groups -OCH3 is 1. The van der Waals surface area contributed by atoms with Gasteiger partial charge in [0.25, 0.3) is 5.56 Å². The van der Waals surface area contributed by atoms with Crippen LogP contribution in [-0.4, -0.2) is 66.7 Å². The molecule has 0 bridgehead atoms. The van der Waals surface area contributed by atoms with Gasteiger partial charge in [0, 0.05) is 13.3 Å². The van der Waals surface area contributed by atoms with Crippen molar-refractivity contribution in [1.82, 2.24) is 9.97 Å². The number of phosphoric ester groups is 1. The van der Waals surface area contributed by atoms with Crippen molar-refractivity contribution in [1.29, 1.82) is 0 Å². The number of aliphatic hydroxyl groups is 1. The van der Waals surface area contributed by atoms with Crippen LogP contribution in [0.5, 0.6) is 0 Å². The van der Waals surface area contributed by atoms with Gasteiger partial charge in [-0.15, -0.1) is 0 Å². The minimum atomic E-state index is -5.67. The van der Waals surface area contributed by atoms with E-state index in [2.05, 4.69) is 23.1 Å². The molecule has 0 radical (unpaired) electrons. The number of nitrogens with one attached hydrogen (secondary N) is 1. The van der Waals surface area contributed by atoms with Crippen molar-refractivity contribution in [3.63, 3.8) is 0 Å². The number of nitrogens with zero attached hydrogens (tertiary/aromatic N) is 1. The molecule has 16 nitrogen and oxygen atoms in total. The van der Waals surface area contributed by atoms with Crippen molar-refractivity contribution in [2.75, 3.05) is 13.7 Å². The van der Waals surface area contributed by atoms with Gasteiger partial charge in [-0.05, 0) is 6.92 Å². The summed E-state index contributed by atoms with van der Waals surface area (Å²) in [6, 6.07) is 0. The average Bonchev–Trinajstić information content (AvgIpc) is 2.88. The van der Waals surface area contributed by atoms with Crippen LogP contribution in [0.15, 0.2) is 11.0 Å². The number of hydrogen-bond donors (Lipinski definition) is 6. The van der Waals surface area contributed by atoms with E-state index in [0.717, 1.165) is 0 Å². The van der Waals surface area contributed by atoms with E-state index in [-0.39, 0.29) is 11.4 Å². The molecule has 0 saturated carbocycles. The van der Waals surface area contributed by atoms with Crippen LogP contribution in [0.1, 0.15) is 17.5 Å². The average molecular weight is 496 g/mol. The van der Waals surface area contributed by atoms with E-state index in [1.807, 2.05) is 0 Å². The Hall–Kier alpha value is -0.830. The Bertz CT molecular complexity index is 961. The third kappa shape index (κ3) is 6.84. The van der Waals surface area contributed by atoms with Gasteiger partial charge < -0.3 is 39.1 Å². The van der Waals surface area contributed by atoms with Crippen molar-refractivity contribution in [2.24, 2.45) is 0 Å². The van der Waals surface area contributed by atoms with E-state index >= 15 is 0 Å². The molecule has 6 N–H and O–H groups in total. The largest absolute Gasteiger partial charge is 0.490 e. The van der Waals surface area contributed by atoms with Crippen LogP contribution in [0.3, 0.4) is 0 Å². The second-order valence-corrected chi connectivity index (χ2v) is 10.3. The number of aliphatic hydroxyl groups excluding tert-OH is 1. The number of ether oxygens (including phenoxy) is 2. The minimum absolute atomic E-state index is 0.108. The van der Waals surface area contributed by atoms with Gasteiger partial charge in [0.15, 0.2) is 0 Å². The zero-order valence-corrected chi connectivity index (χ0v) is 18.0. The van der Waals surface area contributed by atoms with Crippen LogP contribution >= 0.6 is 23.5 Å². The van der Waals surface area contributed by atoms with E-state index in [1.165, 1.54) is 20.2 Å². The third-order valence-electron chi connectivity index (χ3n) is 3.70. The van der Waals surface area contributed by atoms with Gasteiger partial charge >= 0.3 is 23.5 Å².